The number of aldehydes is 1. The van der Waals surface area contributed by atoms with Crippen molar-refractivity contribution in [2.24, 2.45) is 0 Å². The number of carbonyl (C=O) groups excluding carboxylic acids is 4. The lowest BCUT2D eigenvalue weighted by Crippen LogP contribution is -2.47. The summed E-state index contributed by atoms with van der Waals surface area (Å²) in [6.07, 6.45) is 1.86. The normalized spacial score (nSPS) is 11.5. The fourth-order valence-corrected chi connectivity index (χ4v) is 2.45. The second kappa shape index (κ2) is 12.6. The Kier molecular flexibility index (Phi) is 10.3. The molecule has 0 aliphatic carbocycles. The molecule has 0 saturated heterocycles. The van der Waals surface area contributed by atoms with Gasteiger partial charge in [-0.3, -0.25) is 19.3 Å². The average molecular weight is 362 g/mol. The van der Waals surface area contributed by atoms with E-state index in [0.717, 1.165) is 5.56 Å². The molecule has 0 heterocycles. The zero-order valence-electron chi connectivity index (χ0n) is 14.9. The molecule has 0 spiro atoms. The molecule has 0 aliphatic rings. The van der Waals surface area contributed by atoms with Crippen molar-refractivity contribution in [3.63, 3.8) is 0 Å². The molecule has 8 heteroatoms. The zero-order chi connectivity index (χ0) is 19.2. The van der Waals surface area contributed by atoms with Crippen molar-refractivity contribution < 1.29 is 19.2 Å². The van der Waals surface area contributed by atoms with E-state index in [0.29, 0.717) is 32.2 Å². The van der Waals surface area contributed by atoms with Crippen LogP contribution in [-0.4, -0.2) is 68.2 Å². The van der Waals surface area contributed by atoms with E-state index in [1.54, 1.807) is 4.90 Å². The lowest BCUT2D eigenvalue weighted by molar-refractivity contribution is -0.126. The van der Waals surface area contributed by atoms with Crippen LogP contribution in [0.5, 0.6) is 0 Å². The topological polar surface area (TPSA) is 108 Å². The Bertz CT molecular complexity index is 580. The van der Waals surface area contributed by atoms with Gasteiger partial charge in [0.25, 0.3) is 0 Å². The first kappa shape index (κ1) is 21.3. The number of rotatable bonds is 13. The van der Waals surface area contributed by atoms with Crippen molar-refractivity contribution in [2.75, 3.05) is 32.7 Å². The van der Waals surface area contributed by atoms with Crippen LogP contribution in [0.25, 0.3) is 0 Å². The summed E-state index contributed by atoms with van der Waals surface area (Å²) in [5.41, 5.74) is 1.13. The molecule has 0 aliphatic heterocycles. The summed E-state index contributed by atoms with van der Waals surface area (Å²) in [5.74, 6) is -0.559. The Hall–Kier alpha value is -2.74. The van der Waals surface area contributed by atoms with Crippen LogP contribution in [0, 0.1) is 0 Å². The van der Waals surface area contributed by atoms with E-state index in [2.05, 4.69) is 16.0 Å². The monoisotopic (exact) mass is 362 g/mol. The third-order valence-corrected chi connectivity index (χ3v) is 3.56. The van der Waals surface area contributed by atoms with E-state index >= 15 is 0 Å². The first-order chi connectivity index (χ1) is 12.5. The molecular formula is C18H26N4O4. The van der Waals surface area contributed by atoms with E-state index in [-0.39, 0.29) is 37.5 Å². The van der Waals surface area contributed by atoms with Crippen molar-refractivity contribution in [1.29, 1.82) is 0 Å². The van der Waals surface area contributed by atoms with Gasteiger partial charge in [-0.05, 0) is 18.9 Å². The molecule has 1 atom stereocenters. The van der Waals surface area contributed by atoms with Gasteiger partial charge < -0.3 is 20.7 Å². The second-order valence-electron chi connectivity index (χ2n) is 5.91. The minimum atomic E-state index is -0.353. The van der Waals surface area contributed by atoms with E-state index in [1.165, 1.54) is 0 Å². The van der Waals surface area contributed by atoms with Crippen LogP contribution in [0.1, 0.15) is 12.5 Å². The number of nitrogens with zero attached hydrogens (tertiary/aromatic N) is 1. The summed E-state index contributed by atoms with van der Waals surface area (Å²) in [6.45, 7) is 2.49. The van der Waals surface area contributed by atoms with Crippen LogP contribution in [0.2, 0.25) is 0 Å². The number of nitrogens with one attached hydrogen (secondary N) is 3. The van der Waals surface area contributed by atoms with Crippen LogP contribution in [-0.2, 0) is 25.6 Å². The molecule has 0 bridgehead atoms. The van der Waals surface area contributed by atoms with Crippen molar-refractivity contribution in [3.05, 3.63) is 35.9 Å². The number of carbonyl (C=O) groups is 4. The molecule has 26 heavy (non-hydrogen) atoms. The van der Waals surface area contributed by atoms with E-state index in [1.807, 2.05) is 37.3 Å². The lowest BCUT2D eigenvalue weighted by Gasteiger charge is -2.22. The zero-order valence-corrected chi connectivity index (χ0v) is 14.9. The molecule has 3 N–H and O–H groups in total. The fourth-order valence-electron chi connectivity index (χ4n) is 2.45. The Morgan fingerprint density at radius 1 is 1.12 bits per heavy atom. The van der Waals surface area contributed by atoms with Crippen molar-refractivity contribution in [2.45, 2.75) is 19.4 Å². The smallest absolute Gasteiger partial charge is 0.234 e. The van der Waals surface area contributed by atoms with Gasteiger partial charge in [-0.25, -0.2) is 0 Å². The summed E-state index contributed by atoms with van der Waals surface area (Å²) in [6, 6.07) is 9.78. The second-order valence-corrected chi connectivity index (χ2v) is 5.91. The highest BCUT2D eigenvalue weighted by molar-refractivity contribution is 5.82. The van der Waals surface area contributed by atoms with Crippen molar-refractivity contribution in [3.8, 4) is 0 Å². The number of hydrogen-bond donors (Lipinski definition) is 3. The van der Waals surface area contributed by atoms with E-state index < -0.39 is 0 Å². The molecule has 1 aromatic rings. The van der Waals surface area contributed by atoms with Crippen molar-refractivity contribution >= 4 is 24.5 Å². The van der Waals surface area contributed by atoms with Crippen LogP contribution in [0.3, 0.4) is 0 Å². The third kappa shape index (κ3) is 9.53. The van der Waals surface area contributed by atoms with Gasteiger partial charge in [-0.2, -0.15) is 0 Å². The molecule has 0 fully saturated rings. The first-order valence-corrected chi connectivity index (χ1v) is 8.48. The molecule has 142 valence electrons. The van der Waals surface area contributed by atoms with Crippen molar-refractivity contribution in [1.82, 2.24) is 20.9 Å². The first-order valence-electron chi connectivity index (χ1n) is 8.48. The molecule has 0 aromatic heterocycles. The van der Waals surface area contributed by atoms with Crippen LogP contribution in [0.15, 0.2) is 30.3 Å². The highest BCUT2D eigenvalue weighted by atomic mass is 16.2. The highest BCUT2D eigenvalue weighted by Crippen LogP contribution is 2.02. The van der Waals surface area contributed by atoms with Gasteiger partial charge in [0, 0.05) is 19.1 Å². The van der Waals surface area contributed by atoms with Gasteiger partial charge in [-0.15, -0.1) is 0 Å². The van der Waals surface area contributed by atoms with Gasteiger partial charge in [0.1, 0.15) is 6.29 Å². The lowest BCUT2D eigenvalue weighted by atomic mass is 10.1. The minimum absolute atomic E-state index is 0.0220. The molecule has 0 saturated carbocycles. The number of hydrogen-bond acceptors (Lipinski definition) is 5. The highest BCUT2D eigenvalue weighted by Gasteiger charge is 2.16. The minimum Gasteiger partial charge on any atom is -0.357 e. The molecule has 1 aromatic carbocycles. The molecular weight excluding hydrogens is 336 g/mol. The summed E-state index contributed by atoms with van der Waals surface area (Å²) >= 11 is 0. The molecule has 1 rings (SSSR count). The molecule has 0 radical (unpaired) electrons. The standard InChI is InChI=1S/C18H26N4O4/c1-15(11-16-5-3-2-4-6-16)21-18(26)13-22(9-7-19-14-24)12-17(25)20-8-10-23/h2-6,10,14-15H,7-9,11-13H2,1H3,(H,19,24)(H,20,25)(H,21,26). The van der Waals surface area contributed by atoms with E-state index in [9.17, 15) is 19.2 Å². The van der Waals surface area contributed by atoms with E-state index in [4.69, 9.17) is 0 Å². The van der Waals surface area contributed by atoms with Crippen LogP contribution < -0.4 is 16.0 Å². The van der Waals surface area contributed by atoms with Gasteiger partial charge in [-0.1, -0.05) is 30.3 Å². The molecule has 1 unspecified atom stereocenters. The fraction of sp³-hybridized carbons (Fsp3) is 0.444. The van der Waals surface area contributed by atoms with Gasteiger partial charge in [0.05, 0.1) is 19.6 Å². The quantitative estimate of drug-likeness (QED) is 0.311. The number of amides is 3. The predicted octanol–water partition coefficient (Wildman–Crippen LogP) is -0.903. The summed E-state index contributed by atoms with van der Waals surface area (Å²) in [4.78, 5) is 46.3. The summed E-state index contributed by atoms with van der Waals surface area (Å²) < 4.78 is 0. The maximum Gasteiger partial charge on any atom is 0.234 e. The average Bonchev–Trinajstić information content (AvgIpc) is 2.60. The Labute approximate surface area is 153 Å². The van der Waals surface area contributed by atoms with Gasteiger partial charge in [0.2, 0.25) is 18.2 Å². The summed E-state index contributed by atoms with van der Waals surface area (Å²) in [7, 11) is 0. The Morgan fingerprint density at radius 3 is 2.46 bits per heavy atom. The summed E-state index contributed by atoms with van der Waals surface area (Å²) in [5, 5.41) is 7.84. The Morgan fingerprint density at radius 2 is 1.81 bits per heavy atom. The Balaban J connectivity index is 2.49. The number of benzene rings is 1. The van der Waals surface area contributed by atoms with Gasteiger partial charge >= 0.3 is 0 Å². The van der Waals surface area contributed by atoms with Crippen LogP contribution >= 0.6 is 0 Å². The van der Waals surface area contributed by atoms with Crippen LogP contribution in [0.4, 0.5) is 0 Å². The van der Waals surface area contributed by atoms with Gasteiger partial charge in [0.15, 0.2) is 0 Å². The molecule has 8 nitrogen and oxygen atoms in total. The maximum atomic E-state index is 12.3. The maximum absolute atomic E-state index is 12.3. The predicted molar refractivity (Wildman–Crippen MR) is 97.3 cm³/mol. The largest absolute Gasteiger partial charge is 0.357 e. The third-order valence-electron chi connectivity index (χ3n) is 3.56. The molecule has 3 amide bonds. The SMILES string of the molecule is CC(Cc1ccccc1)NC(=O)CN(CCNC=O)CC(=O)NCC=O.